The Morgan fingerprint density at radius 1 is 1.36 bits per heavy atom. The van der Waals surface area contributed by atoms with Gasteiger partial charge in [0.25, 0.3) is 0 Å². The standard InChI is InChI=1S/C10H21N/c1-4-8-11-9(3)10(5-2)6-7-10/h9,11H,4-8H2,1-3H3. The number of hydrogen-bond donors (Lipinski definition) is 1. The van der Waals surface area contributed by atoms with Gasteiger partial charge in [0.15, 0.2) is 0 Å². The van der Waals surface area contributed by atoms with Crippen LogP contribution in [0, 0.1) is 5.41 Å². The summed E-state index contributed by atoms with van der Waals surface area (Å²) in [5, 5.41) is 3.59. The van der Waals surface area contributed by atoms with Crippen molar-refractivity contribution in [3.8, 4) is 0 Å². The van der Waals surface area contributed by atoms with Gasteiger partial charge in [0, 0.05) is 6.04 Å². The molecular formula is C10H21N. The van der Waals surface area contributed by atoms with Gasteiger partial charge in [0.1, 0.15) is 0 Å². The Labute approximate surface area is 70.6 Å². The van der Waals surface area contributed by atoms with Crippen LogP contribution < -0.4 is 5.32 Å². The molecule has 1 unspecified atom stereocenters. The van der Waals surface area contributed by atoms with Crippen molar-refractivity contribution in [2.75, 3.05) is 6.54 Å². The highest BCUT2D eigenvalue weighted by atomic mass is 14.9. The van der Waals surface area contributed by atoms with Gasteiger partial charge in [-0.25, -0.2) is 0 Å². The quantitative estimate of drug-likeness (QED) is 0.643. The second kappa shape index (κ2) is 3.57. The molecule has 1 heteroatoms. The first kappa shape index (κ1) is 9.05. The van der Waals surface area contributed by atoms with Gasteiger partial charge in [0.05, 0.1) is 0 Å². The van der Waals surface area contributed by atoms with Gasteiger partial charge in [-0.3, -0.25) is 0 Å². The van der Waals surface area contributed by atoms with E-state index in [0.717, 1.165) is 6.04 Å². The normalized spacial score (nSPS) is 23.2. The fourth-order valence-electron chi connectivity index (χ4n) is 1.83. The zero-order chi connectivity index (χ0) is 8.32. The van der Waals surface area contributed by atoms with Crippen molar-refractivity contribution in [2.24, 2.45) is 5.41 Å². The summed E-state index contributed by atoms with van der Waals surface area (Å²) in [5.74, 6) is 0. The van der Waals surface area contributed by atoms with Gasteiger partial charge in [0.2, 0.25) is 0 Å². The Balaban J connectivity index is 2.23. The Morgan fingerprint density at radius 3 is 2.36 bits per heavy atom. The second-order valence-electron chi connectivity index (χ2n) is 3.89. The molecule has 0 aromatic rings. The van der Waals surface area contributed by atoms with Crippen LogP contribution in [0.25, 0.3) is 0 Å². The minimum absolute atomic E-state index is 0.690. The lowest BCUT2D eigenvalue weighted by Gasteiger charge is -2.22. The third kappa shape index (κ3) is 1.96. The zero-order valence-corrected chi connectivity index (χ0v) is 8.11. The molecule has 1 aliphatic rings. The summed E-state index contributed by atoms with van der Waals surface area (Å²) in [7, 11) is 0. The highest BCUT2D eigenvalue weighted by molar-refractivity contribution is 4.99. The Hall–Kier alpha value is -0.0400. The largest absolute Gasteiger partial charge is 0.314 e. The number of nitrogens with one attached hydrogen (secondary N) is 1. The van der Waals surface area contributed by atoms with Crippen molar-refractivity contribution >= 4 is 0 Å². The van der Waals surface area contributed by atoms with Crippen molar-refractivity contribution in [1.29, 1.82) is 0 Å². The average molecular weight is 155 g/mol. The van der Waals surface area contributed by atoms with Gasteiger partial charge in [-0.15, -0.1) is 0 Å². The SMILES string of the molecule is CCCNC(C)C1(CC)CC1. The molecule has 66 valence electrons. The molecule has 1 atom stereocenters. The molecule has 11 heavy (non-hydrogen) atoms. The fraction of sp³-hybridized carbons (Fsp3) is 1.00. The van der Waals surface area contributed by atoms with E-state index in [1.54, 1.807) is 0 Å². The summed E-state index contributed by atoms with van der Waals surface area (Å²) in [4.78, 5) is 0. The van der Waals surface area contributed by atoms with E-state index < -0.39 is 0 Å². The zero-order valence-electron chi connectivity index (χ0n) is 8.11. The van der Waals surface area contributed by atoms with Crippen LogP contribution in [0.3, 0.4) is 0 Å². The van der Waals surface area contributed by atoms with E-state index in [1.165, 1.54) is 32.2 Å². The van der Waals surface area contributed by atoms with Crippen LogP contribution in [0.2, 0.25) is 0 Å². The van der Waals surface area contributed by atoms with E-state index in [2.05, 4.69) is 26.1 Å². The van der Waals surface area contributed by atoms with E-state index in [0.29, 0.717) is 5.41 Å². The smallest absolute Gasteiger partial charge is 0.00950 e. The van der Waals surface area contributed by atoms with Gasteiger partial charge < -0.3 is 5.32 Å². The van der Waals surface area contributed by atoms with Crippen LogP contribution in [-0.4, -0.2) is 12.6 Å². The molecule has 1 rings (SSSR count). The summed E-state index contributed by atoms with van der Waals surface area (Å²) in [6, 6.07) is 0.743. The first-order chi connectivity index (χ1) is 5.25. The predicted octanol–water partition coefficient (Wildman–Crippen LogP) is 2.56. The molecular weight excluding hydrogens is 134 g/mol. The third-order valence-corrected chi connectivity index (χ3v) is 3.22. The first-order valence-electron chi connectivity index (χ1n) is 4.98. The lowest BCUT2D eigenvalue weighted by molar-refractivity contribution is 0.342. The summed E-state index contributed by atoms with van der Waals surface area (Å²) in [6.07, 6.45) is 5.50. The highest BCUT2D eigenvalue weighted by Crippen LogP contribution is 2.51. The van der Waals surface area contributed by atoms with Crippen molar-refractivity contribution in [1.82, 2.24) is 5.32 Å². The molecule has 1 N–H and O–H groups in total. The van der Waals surface area contributed by atoms with Crippen molar-refractivity contribution in [3.05, 3.63) is 0 Å². The van der Waals surface area contributed by atoms with Gasteiger partial charge >= 0.3 is 0 Å². The van der Waals surface area contributed by atoms with E-state index in [9.17, 15) is 0 Å². The molecule has 0 aromatic carbocycles. The maximum atomic E-state index is 3.59. The van der Waals surface area contributed by atoms with Crippen LogP contribution in [-0.2, 0) is 0 Å². The number of hydrogen-bond acceptors (Lipinski definition) is 1. The maximum Gasteiger partial charge on any atom is 0.00950 e. The lowest BCUT2D eigenvalue weighted by Crippen LogP contribution is -2.34. The molecule has 0 aliphatic heterocycles. The van der Waals surface area contributed by atoms with Crippen LogP contribution >= 0.6 is 0 Å². The summed E-state index contributed by atoms with van der Waals surface area (Å²) in [6.45, 7) is 8.07. The molecule has 0 spiro atoms. The van der Waals surface area contributed by atoms with E-state index in [1.807, 2.05) is 0 Å². The fourth-order valence-corrected chi connectivity index (χ4v) is 1.83. The minimum Gasteiger partial charge on any atom is -0.314 e. The van der Waals surface area contributed by atoms with E-state index in [4.69, 9.17) is 0 Å². The topological polar surface area (TPSA) is 12.0 Å². The van der Waals surface area contributed by atoms with E-state index >= 15 is 0 Å². The summed E-state index contributed by atoms with van der Waals surface area (Å²) >= 11 is 0. The lowest BCUT2D eigenvalue weighted by atomic mass is 9.95. The maximum absolute atomic E-state index is 3.59. The third-order valence-electron chi connectivity index (χ3n) is 3.22. The summed E-state index contributed by atoms with van der Waals surface area (Å²) in [5.41, 5.74) is 0.690. The van der Waals surface area contributed by atoms with Crippen LogP contribution in [0.5, 0.6) is 0 Å². The predicted molar refractivity (Wildman–Crippen MR) is 49.7 cm³/mol. The molecule has 0 bridgehead atoms. The number of rotatable bonds is 5. The monoisotopic (exact) mass is 155 g/mol. The van der Waals surface area contributed by atoms with Crippen LogP contribution in [0.1, 0.15) is 46.5 Å². The molecule has 1 saturated carbocycles. The molecule has 1 nitrogen and oxygen atoms in total. The van der Waals surface area contributed by atoms with Crippen LogP contribution in [0.4, 0.5) is 0 Å². The Bertz CT molecular complexity index is 116. The van der Waals surface area contributed by atoms with Crippen molar-refractivity contribution in [2.45, 2.75) is 52.5 Å². The molecule has 1 fully saturated rings. The van der Waals surface area contributed by atoms with Crippen molar-refractivity contribution in [3.63, 3.8) is 0 Å². The highest BCUT2D eigenvalue weighted by Gasteiger charge is 2.44. The summed E-state index contributed by atoms with van der Waals surface area (Å²) < 4.78 is 0. The molecule has 0 aromatic heterocycles. The Morgan fingerprint density at radius 2 is 2.00 bits per heavy atom. The second-order valence-corrected chi connectivity index (χ2v) is 3.89. The van der Waals surface area contributed by atoms with Gasteiger partial charge in [-0.1, -0.05) is 13.8 Å². The molecule has 0 amide bonds. The Kier molecular flexibility index (Phi) is 2.94. The van der Waals surface area contributed by atoms with Crippen LogP contribution in [0.15, 0.2) is 0 Å². The molecule has 0 heterocycles. The molecule has 0 radical (unpaired) electrons. The van der Waals surface area contributed by atoms with Gasteiger partial charge in [-0.2, -0.15) is 0 Å². The average Bonchev–Trinajstić information content (AvgIpc) is 2.80. The van der Waals surface area contributed by atoms with Gasteiger partial charge in [-0.05, 0) is 44.6 Å². The van der Waals surface area contributed by atoms with E-state index in [-0.39, 0.29) is 0 Å². The molecule has 1 aliphatic carbocycles. The minimum atomic E-state index is 0.690. The van der Waals surface area contributed by atoms with Crippen molar-refractivity contribution < 1.29 is 0 Å². The molecule has 0 saturated heterocycles. The first-order valence-corrected chi connectivity index (χ1v) is 4.98.